The van der Waals surface area contributed by atoms with E-state index in [-0.39, 0.29) is 5.69 Å². The first-order valence-corrected chi connectivity index (χ1v) is 4.52. The molecule has 0 N–H and O–H groups in total. The summed E-state index contributed by atoms with van der Waals surface area (Å²) in [6.07, 6.45) is 1.33. The Bertz CT molecular complexity index is 351. The average Bonchev–Trinajstić information content (AvgIpc) is 2.25. The minimum atomic E-state index is -0.425. The van der Waals surface area contributed by atoms with E-state index in [1.807, 2.05) is 6.07 Å². The Labute approximate surface area is 86.8 Å². The summed E-state index contributed by atoms with van der Waals surface area (Å²) < 4.78 is 4.52. The maximum absolute atomic E-state index is 10.5. The van der Waals surface area contributed by atoms with Crippen LogP contribution in [0.4, 0.5) is 5.69 Å². The van der Waals surface area contributed by atoms with Gasteiger partial charge in [-0.1, -0.05) is 12.1 Å². The SMILES string of the molecule is O=COCCCc1cccc([N+](=O)[O-])c1. The Kier molecular flexibility index (Phi) is 4.28. The molecule has 0 amide bonds. The van der Waals surface area contributed by atoms with Gasteiger partial charge in [-0.3, -0.25) is 14.9 Å². The van der Waals surface area contributed by atoms with Crippen LogP contribution in [-0.2, 0) is 16.0 Å². The van der Waals surface area contributed by atoms with Gasteiger partial charge in [0.2, 0.25) is 0 Å². The van der Waals surface area contributed by atoms with Crippen LogP contribution in [0.1, 0.15) is 12.0 Å². The van der Waals surface area contributed by atoms with Crippen molar-refractivity contribution in [2.45, 2.75) is 12.8 Å². The largest absolute Gasteiger partial charge is 0.468 e. The van der Waals surface area contributed by atoms with Gasteiger partial charge in [0, 0.05) is 12.1 Å². The third kappa shape index (κ3) is 3.76. The Hall–Kier alpha value is -1.91. The summed E-state index contributed by atoms with van der Waals surface area (Å²) in [5.41, 5.74) is 0.961. The quantitative estimate of drug-likeness (QED) is 0.309. The normalized spacial score (nSPS) is 9.60. The van der Waals surface area contributed by atoms with E-state index in [0.29, 0.717) is 25.9 Å². The molecule has 1 aromatic rings. The van der Waals surface area contributed by atoms with Crippen LogP contribution in [0.5, 0.6) is 0 Å². The number of carbonyl (C=O) groups excluding carboxylic acids is 1. The van der Waals surface area contributed by atoms with Crippen LogP contribution in [-0.4, -0.2) is 18.0 Å². The van der Waals surface area contributed by atoms with Gasteiger partial charge in [0.25, 0.3) is 12.2 Å². The monoisotopic (exact) mass is 209 g/mol. The van der Waals surface area contributed by atoms with E-state index in [0.717, 1.165) is 5.56 Å². The molecule has 0 saturated heterocycles. The smallest absolute Gasteiger partial charge is 0.293 e. The molecular weight excluding hydrogens is 198 g/mol. The van der Waals surface area contributed by atoms with Crippen LogP contribution >= 0.6 is 0 Å². The second-order valence-electron chi connectivity index (χ2n) is 3.00. The first-order valence-electron chi connectivity index (χ1n) is 4.52. The van der Waals surface area contributed by atoms with E-state index in [1.54, 1.807) is 6.07 Å². The molecule has 0 heterocycles. The van der Waals surface area contributed by atoms with E-state index in [4.69, 9.17) is 0 Å². The number of non-ortho nitro benzene ring substituents is 1. The second kappa shape index (κ2) is 5.74. The summed E-state index contributed by atoms with van der Waals surface area (Å²) in [7, 11) is 0. The maximum atomic E-state index is 10.5. The van der Waals surface area contributed by atoms with Gasteiger partial charge in [0.05, 0.1) is 11.5 Å². The number of rotatable bonds is 6. The molecule has 0 unspecified atom stereocenters. The molecule has 1 aromatic carbocycles. The topological polar surface area (TPSA) is 69.4 Å². The Morgan fingerprint density at radius 1 is 1.47 bits per heavy atom. The van der Waals surface area contributed by atoms with E-state index < -0.39 is 4.92 Å². The standard InChI is InChI=1S/C10H11NO4/c12-8-15-6-2-4-9-3-1-5-10(7-9)11(13)14/h1,3,5,7-8H,2,4,6H2. The van der Waals surface area contributed by atoms with Crippen LogP contribution in [0, 0.1) is 10.1 Å². The molecule has 5 heteroatoms. The zero-order valence-electron chi connectivity index (χ0n) is 8.09. The molecule has 0 spiro atoms. The van der Waals surface area contributed by atoms with Crippen molar-refractivity contribution in [3.05, 3.63) is 39.9 Å². The molecule has 0 aliphatic rings. The molecule has 0 bridgehead atoms. The lowest BCUT2D eigenvalue weighted by molar-refractivity contribution is -0.384. The highest BCUT2D eigenvalue weighted by atomic mass is 16.6. The third-order valence-corrected chi connectivity index (χ3v) is 1.92. The lowest BCUT2D eigenvalue weighted by Crippen LogP contribution is -1.95. The van der Waals surface area contributed by atoms with Crippen molar-refractivity contribution in [1.82, 2.24) is 0 Å². The first kappa shape index (κ1) is 11.2. The summed E-state index contributed by atoms with van der Waals surface area (Å²) >= 11 is 0. The van der Waals surface area contributed by atoms with Crippen molar-refractivity contribution >= 4 is 12.2 Å². The van der Waals surface area contributed by atoms with Crippen molar-refractivity contribution in [2.75, 3.05) is 6.61 Å². The Morgan fingerprint density at radius 3 is 2.93 bits per heavy atom. The van der Waals surface area contributed by atoms with Crippen molar-refractivity contribution in [1.29, 1.82) is 0 Å². The molecule has 80 valence electrons. The number of hydrogen-bond acceptors (Lipinski definition) is 4. The van der Waals surface area contributed by atoms with Gasteiger partial charge < -0.3 is 4.74 Å². The van der Waals surface area contributed by atoms with Crippen LogP contribution < -0.4 is 0 Å². The number of nitrogens with zero attached hydrogens (tertiary/aromatic N) is 1. The fraction of sp³-hybridized carbons (Fsp3) is 0.300. The fourth-order valence-electron chi connectivity index (χ4n) is 1.23. The number of nitro groups is 1. The van der Waals surface area contributed by atoms with Gasteiger partial charge in [-0.05, 0) is 18.4 Å². The number of hydrogen-bond donors (Lipinski definition) is 0. The van der Waals surface area contributed by atoms with Gasteiger partial charge in [-0.25, -0.2) is 0 Å². The van der Waals surface area contributed by atoms with Crippen LogP contribution in [0.3, 0.4) is 0 Å². The summed E-state index contributed by atoms with van der Waals surface area (Å²) in [6.45, 7) is 0.736. The van der Waals surface area contributed by atoms with Gasteiger partial charge in [0.1, 0.15) is 0 Å². The lowest BCUT2D eigenvalue weighted by Gasteiger charge is -2.00. The molecule has 0 aromatic heterocycles. The number of ether oxygens (including phenoxy) is 1. The molecule has 1 rings (SSSR count). The second-order valence-corrected chi connectivity index (χ2v) is 3.00. The Morgan fingerprint density at radius 2 is 2.27 bits per heavy atom. The maximum Gasteiger partial charge on any atom is 0.293 e. The number of aryl methyl sites for hydroxylation is 1. The molecular formula is C10H11NO4. The highest BCUT2D eigenvalue weighted by molar-refractivity contribution is 5.37. The van der Waals surface area contributed by atoms with Crippen molar-refractivity contribution < 1.29 is 14.5 Å². The van der Waals surface area contributed by atoms with E-state index >= 15 is 0 Å². The molecule has 0 aliphatic heterocycles. The van der Waals surface area contributed by atoms with Gasteiger partial charge in [0.15, 0.2) is 0 Å². The van der Waals surface area contributed by atoms with Gasteiger partial charge in [-0.2, -0.15) is 0 Å². The molecule has 0 saturated carbocycles. The molecule has 0 radical (unpaired) electrons. The van der Waals surface area contributed by atoms with E-state index in [1.165, 1.54) is 12.1 Å². The number of benzene rings is 1. The predicted octanol–water partition coefficient (Wildman–Crippen LogP) is 1.70. The van der Waals surface area contributed by atoms with Gasteiger partial charge >= 0.3 is 0 Å². The van der Waals surface area contributed by atoms with Crippen molar-refractivity contribution in [3.63, 3.8) is 0 Å². The summed E-state index contributed by atoms with van der Waals surface area (Å²) in [5, 5.41) is 10.5. The molecule has 5 nitrogen and oxygen atoms in total. The zero-order valence-corrected chi connectivity index (χ0v) is 8.09. The molecule has 0 aliphatic carbocycles. The third-order valence-electron chi connectivity index (χ3n) is 1.92. The summed E-state index contributed by atoms with van der Waals surface area (Å²) in [4.78, 5) is 19.9. The minimum absolute atomic E-state index is 0.0869. The molecule has 15 heavy (non-hydrogen) atoms. The van der Waals surface area contributed by atoms with E-state index in [9.17, 15) is 14.9 Å². The van der Waals surface area contributed by atoms with Crippen molar-refractivity contribution in [2.24, 2.45) is 0 Å². The number of nitro benzene ring substituents is 1. The average molecular weight is 209 g/mol. The first-order chi connectivity index (χ1) is 7.24. The zero-order chi connectivity index (χ0) is 11.1. The minimum Gasteiger partial charge on any atom is -0.468 e. The van der Waals surface area contributed by atoms with Crippen LogP contribution in [0.25, 0.3) is 0 Å². The van der Waals surface area contributed by atoms with Crippen LogP contribution in [0.15, 0.2) is 24.3 Å². The van der Waals surface area contributed by atoms with Gasteiger partial charge in [-0.15, -0.1) is 0 Å². The highest BCUT2D eigenvalue weighted by Gasteiger charge is 2.04. The summed E-state index contributed by atoms with van der Waals surface area (Å²) in [5.74, 6) is 0. The van der Waals surface area contributed by atoms with Crippen molar-refractivity contribution in [3.8, 4) is 0 Å². The Balaban J connectivity index is 2.50. The predicted molar refractivity (Wildman–Crippen MR) is 53.4 cm³/mol. The van der Waals surface area contributed by atoms with E-state index in [2.05, 4.69) is 4.74 Å². The molecule has 0 atom stereocenters. The summed E-state index contributed by atoms with van der Waals surface area (Å²) in [6, 6.07) is 6.44. The fourth-order valence-corrected chi connectivity index (χ4v) is 1.23. The highest BCUT2D eigenvalue weighted by Crippen LogP contribution is 2.14. The number of carbonyl (C=O) groups is 1. The lowest BCUT2D eigenvalue weighted by atomic mass is 10.1. The van der Waals surface area contributed by atoms with Crippen LogP contribution in [0.2, 0.25) is 0 Å². The molecule has 0 fully saturated rings.